The Bertz CT molecular complexity index is 254. The summed E-state index contributed by atoms with van der Waals surface area (Å²) >= 11 is 9.01. The van der Waals surface area contributed by atoms with Crippen LogP contribution in [0, 0.1) is 0 Å². The number of rotatable bonds is 0. The van der Waals surface area contributed by atoms with Crippen LogP contribution >= 0.6 is 25.3 Å². The van der Waals surface area contributed by atoms with E-state index < -0.39 is 0 Å². The molecule has 0 heterocycles. The summed E-state index contributed by atoms with van der Waals surface area (Å²) < 4.78 is 0. The number of benzene rings is 1. The van der Waals surface area contributed by atoms with Gasteiger partial charge < -0.3 is 0 Å². The fourth-order valence-corrected chi connectivity index (χ4v) is 2.28. The molecule has 0 amide bonds. The Labute approximate surface area is 84.2 Å². The zero-order valence-corrected chi connectivity index (χ0v) is 8.56. The molecule has 1 aromatic carbocycles. The lowest BCUT2D eigenvalue weighted by Crippen LogP contribution is -2.26. The first-order chi connectivity index (χ1) is 5.77. The molecular formula is C10H12S2. The minimum atomic E-state index is 0.420. The standard InChI is InChI=1S/C10H12S2/c11-9-5-7-3-1-2-4-8(7)6-10(9)12/h1-4,9-12H,5-6H2. The molecule has 0 saturated heterocycles. The maximum absolute atomic E-state index is 4.50. The fourth-order valence-electron chi connectivity index (χ4n) is 1.68. The lowest BCUT2D eigenvalue weighted by atomic mass is 9.91. The van der Waals surface area contributed by atoms with Crippen molar-refractivity contribution in [3.05, 3.63) is 35.4 Å². The van der Waals surface area contributed by atoms with Crippen LogP contribution < -0.4 is 0 Å². The third kappa shape index (κ3) is 1.50. The zero-order valence-electron chi connectivity index (χ0n) is 6.77. The summed E-state index contributed by atoms with van der Waals surface area (Å²) in [5, 5.41) is 0.839. The highest BCUT2D eigenvalue weighted by Crippen LogP contribution is 2.27. The van der Waals surface area contributed by atoms with E-state index in [9.17, 15) is 0 Å². The molecular weight excluding hydrogens is 184 g/mol. The molecule has 12 heavy (non-hydrogen) atoms. The van der Waals surface area contributed by atoms with E-state index in [1.54, 1.807) is 0 Å². The largest absolute Gasteiger partial charge is 0.174 e. The highest BCUT2D eigenvalue weighted by atomic mass is 32.1. The second-order valence-corrected chi connectivity index (χ2v) is 4.64. The van der Waals surface area contributed by atoms with Crippen molar-refractivity contribution in [3.8, 4) is 0 Å². The zero-order chi connectivity index (χ0) is 8.55. The van der Waals surface area contributed by atoms with Crippen molar-refractivity contribution in [1.29, 1.82) is 0 Å². The Morgan fingerprint density at radius 2 is 1.33 bits per heavy atom. The molecule has 0 radical (unpaired) electrons. The second kappa shape index (κ2) is 3.35. The molecule has 2 atom stereocenters. The molecule has 1 aromatic rings. The van der Waals surface area contributed by atoms with Gasteiger partial charge in [0.05, 0.1) is 0 Å². The normalized spacial score (nSPS) is 28.2. The third-order valence-corrected chi connectivity index (χ3v) is 3.74. The molecule has 2 heteroatoms. The topological polar surface area (TPSA) is 0 Å². The first-order valence-electron chi connectivity index (χ1n) is 4.20. The summed E-state index contributed by atoms with van der Waals surface area (Å²) in [5.74, 6) is 0. The van der Waals surface area contributed by atoms with Crippen molar-refractivity contribution in [2.75, 3.05) is 0 Å². The van der Waals surface area contributed by atoms with E-state index in [1.165, 1.54) is 11.1 Å². The molecule has 0 aliphatic heterocycles. The van der Waals surface area contributed by atoms with Crippen molar-refractivity contribution in [1.82, 2.24) is 0 Å². The molecule has 2 unspecified atom stereocenters. The molecule has 0 aromatic heterocycles. The van der Waals surface area contributed by atoms with Gasteiger partial charge in [0.25, 0.3) is 0 Å². The number of thiol groups is 2. The van der Waals surface area contributed by atoms with Gasteiger partial charge in [0.15, 0.2) is 0 Å². The minimum absolute atomic E-state index is 0.420. The SMILES string of the molecule is SC1Cc2ccccc2CC1S. The van der Waals surface area contributed by atoms with Crippen LogP contribution in [-0.2, 0) is 12.8 Å². The monoisotopic (exact) mass is 196 g/mol. The predicted molar refractivity (Wildman–Crippen MR) is 59.4 cm³/mol. The number of fused-ring (bicyclic) bond motifs is 1. The summed E-state index contributed by atoms with van der Waals surface area (Å²) in [6.07, 6.45) is 2.13. The highest BCUT2D eigenvalue weighted by molar-refractivity contribution is 7.85. The van der Waals surface area contributed by atoms with Crippen molar-refractivity contribution in [2.45, 2.75) is 23.3 Å². The molecule has 0 nitrogen and oxygen atoms in total. The van der Waals surface area contributed by atoms with E-state index in [2.05, 4.69) is 49.5 Å². The van der Waals surface area contributed by atoms with E-state index in [4.69, 9.17) is 0 Å². The van der Waals surface area contributed by atoms with Crippen LogP contribution in [0.4, 0.5) is 0 Å². The third-order valence-electron chi connectivity index (χ3n) is 2.42. The minimum Gasteiger partial charge on any atom is -0.174 e. The quantitative estimate of drug-likeness (QED) is 0.585. The van der Waals surface area contributed by atoms with Gasteiger partial charge in [-0.05, 0) is 24.0 Å². The van der Waals surface area contributed by atoms with Crippen LogP contribution in [0.3, 0.4) is 0 Å². The van der Waals surface area contributed by atoms with E-state index >= 15 is 0 Å². The smallest absolute Gasteiger partial charge is 0.0177 e. The highest BCUT2D eigenvalue weighted by Gasteiger charge is 2.22. The fraction of sp³-hybridized carbons (Fsp3) is 0.400. The molecule has 2 rings (SSSR count). The molecule has 0 spiro atoms. The van der Waals surface area contributed by atoms with Crippen LogP contribution in [-0.4, -0.2) is 10.5 Å². The van der Waals surface area contributed by atoms with Gasteiger partial charge >= 0.3 is 0 Å². The van der Waals surface area contributed by atoms with Gasteiger partial charge in [-0.1, -0.05) is 24.3 Å². The Hall–Kier alpha value is -0.0800. The Morgan fingerprint density at radius 3 is 1.75 bits per heavy atom. The molecule has 0 bridgehead atoms. The summed E-state index contributed by atoms with van der Waals surface area (Å²) in [6.45, 7) is 0. The van der Waals surface area contributed by atoms with E-state index in [1.807, 2.05) is 0 Å². The van der Waals surface area contributed by atoms with Gasteiger partial charge in [-0.3, -0.25) is 0 Å². The van der Waals surface area contributed by atoms with E-state index in [0.717, 1.165) is 12.8 Å². The lowest BCUT2D eigenvalue weighted by Gasteiger charge is -2.26. The summed E-state index contributed by atoms with van der Waals surface area (Å²) in [4.78, 5) is 0. The van der Waals surface area contributed by atoms with Crippen LogP contribution in [0.5, 0.6) is 0 Å². The van der Waals surface area contributed by atoms with E-state index in [-0.39, 0.29) is 0 Å². The molecule has 1 aliphatic rings. The van der Waals surface area contributed by atoms with Crippen molar-refractivity contribution >= 4 is 25.3 Å². The molecule has 0 N–H and O–H groups in total. The maximum atomic E-state index is 4.50. The average Bonchev–Trinajstić information content (AvgIpc) is 2.07. The summed E-state index contributed by atoms with van der Waals surface area (Å²) in [6, 6.07) is 8.58. The molecule has 64 valence electrons. The summed E-state index contributed by atoms with van der Waals surface area (Å²) in [7, 11) is 0. The Kier molecular flexibility index (Phi) is 2.37. The van der Waals surface area contributed by atoms with Crippen LogP contribution in [0.1, 0.15) is 11.1 Å². The van der Waals surface area contributed by atoms with Gasteiger partial charge in [0, 0.05) is 10.5 Å². The van der Waals surface area contributed by atoms with Crippen molar-refractivity contribution in [3.63, 3.8) is 0 Å². The van der Waals surface area contributed by atoms with Crippen molar-refractivity contribution in [2.24, 2.45) is 0 Å². The Balaban J connectivity index is 2.34. The number of hydrogen-bond acceptors (Lipinski definition) is 2. The summed E-state index contributed by atoms with van der Waals surface area (Å²) in [5.41, 5.74) is 2.89. The molecule has 1 aliphatic carbocycles. The van der Waals surface area contributed by atoms with Gasteiger partial charge in [-0.25, -0.2) is 0 Å². The van der Waals surface area contributed by atoms with E-state index in [0.29, 0.717) is 10.5 Å². The maximum Gasteiger partial charge on any atom is 0.0177 e. The molecule has 0 fully saturated rings. The van der Waals surface area contributed by atoms with Crippen molar-refractivity contribution < 1.29 is 0 Å². The Morgan fingerprint density at radius 1 is 0.917 bits per heavy atom. The van der Waals surface area contributed by atoms with Gasteiger partial charge in [0.2, 0.25) is 0 Å². The van der Waals surface area contributed by atoms with Crippen LogP contribution in [0.25, 0.3) is 0 Å². The van der Waals surface area contributed by atoms with Crippen LogP contribution in [0.2, 0.25) is 0 Å². The van der Waals surface area contributed by atoms with Gasteiger partial charge in [0.1, 0.15) is 0 Å². The average molecular weight is 196 g/mol. The number of hydrogen-bond donors (Lipinski definition) is 2. The van der Waals surface area contributed by atoms with Crippen LogP contribution in [0.15, 0.2) is 24.3 Å². The predicted octanol–water partition coefficient (Wildman–Crippen LogP) is 2.38. The first kappa shape index (κ1) is 8.52. The molecule has 0 saturated carbocycles. The van der Waals surface area contributed by atoms with Gasteiger partial charge in [-0.2, -0.15) is 25.3 Å². The lowest BCUT2D eigenvalue weighted by molar-refractivity contribution is 0.727. The second-order valence-electron chi connectivity index (χ2n) is 3.31. The van der Waals surface area contributed by atoms with Gasteiger partial charge in [-0.15, -0.1) is 0 Å². The first-order valence-corrected chi connectivity index (χ1v) is 5.23.